The molecule has 8 aromatic carbocycles. The molecule has 4 fully saturated rings. The van der Waals surface area contributed by atoms with Gasteiger partial charge in [0.05, 0.1) is 137 Å². The first kappa shape index (κ1) is 104. The number of fused-ring (bicyclic) bond motifs is 10. The average molecular weight is 1950 g/mol. The molecule has 6 unspecified atom stereocenters. The van der Waals surface area contributed by atoms with Gasteiger partial charge in [-0.1, -0.05) is 171 Å². The van der Waals surface area contributed by atoms with Crippen LogP contribution in [0.2, 0.25) is 0 Å². The summed E-state index contributed by atoms with van der Waals surface area (Å²) in [6, 6.07) is 59.8. The van der Waals surface area contributed by atoms with Crippen LogP contribution in [0.1, 0.15) is 251 Å². The third kappa shape index (κ3) is 24.7. The van der Waals surface area contributed by atoms with Crippen LogP contribution in [0.15, 0.2) is 170 Å². The van der Waals surface area contributed by atoms with Gasteiger partial charge in [-0.05, 0) is 230 Å². The van der Waals surface area contributed by atoms with Gasteiger partial charge in [-0.2, -0.15) is 0 Å². The smallest absolute Gasteiger partial charge is 0.409 e. The minimum absolute atomic E-state index is 0.0426. The van der Waals surface area contributed by atoms with Crippen molar-refractivity contribution < 1.29 is 81.8 Å². The Morgan fingerprint density at radius 3 is 0.986 bits per heavy atom. The van der Waals surface area contributed by atoms with E-state index in [2.05, 4.69) is 191 Å². The van der Waals surface area contributed by atoms with Crippen LogP contribution in [0, 0.1) is 29.6 Å². The summed E-state index contributed by atoms with van der Waals surface area (Å²) in [6.07, 6.45) is 19.8. The summed E-state index contributed by atoms with van der Waals surface area (Å²) in [4.78, 5) is 129. The minimum atomic E-state index is -0.708. The number of benzene rings is 8. The number of esters is 2. The number of aromatic nitrogens is 6. The summed E-state index contributed by atoms with van der Waals surface area (Å²) in [5.41, 5.74) is 28.4. The zero-order valence-corrected chi connectivity index (χ0v) is 84.4. The molecule has 4 aliphatic heterocycles. The Balaban J connectivity index is 0.000000139. The van der Waals surface area contributed by atoms with Crippen LogP contribution in [-0.4, -0.2) is 188 Å². The van der Waals surface area contributed by atoms with E-state index in [1.54, 1.807) is 19.6 Å². The number of rotatable bonds is 21. The monoisotopic (exact) mass is 1950 g/mol. The van der Waals surface area contributed by atoms with E-state index >= 15 is 0 Å². The van der Waals surface area contributed by atoms with Crippen LogP contribution in [0.4, 0.5) is 30.6 Å². The largest absolute Gasteiger partial charge is 0.481 e. The Hall–Kier alpha value is -13.6. The number of nitrogens with one attached hydrogen (secondary N) is 1. The van der Waals surface area contributed by atoms with Gasteiger partial charge in [0.25, 0.3) is 0 Å². The predicted molar refractivity (Wildman–Crippen MR) is 549 cm³/mol. The van der Waals surface area contributed by atoms with Crippen molar-refractivity contribution >= 4 is 99.0 Å². The number of nitrogen functional groups attached to an aromatic ring is 1. The quantitative estimate of drug-likeness (QED) is 0.0225. The number of carbonyl (C=O) groups excluding carboxylic acids is 7. The summed E-state index contributed by atoms with van der Waals surface area (Å²) in [7, 11) is 8.54. The predicted octanol–water partition coefficient (Wildman–Crippen LogP) is 20.7. The summed E-state index contributed by atoms with van der Waals surface area (Å²) >= 11 is 0. The maximum atomic E-state index is 12.4. The lowest BCUT2D eigenvalue weighted by atomic mass is 9.81. The second kappa shape index (κ2) is 48.4. The summed E-state index contributed by atoms with van der Waals surface area (Å²) in [6.45, 7) is 13.3. The van der Waals surface area contributed by atoms with Crippen LogP contribution >= 0.6 is 0 Å². The van der Waals surface area contributed by atoms with E-state index in [4.69, 9.17) is 44.4 Å². The highest BCUT2D eigenvalue weighted by atomic mass is 16.6. The third-order valence-electron chi connectivity index (χ3n) is 30.5. The van der Waals surface area contributed by atoms with E-state index in [-0.39, 0.29) is 108 Å². The molecule has 8 aliphatic rings. The standard InChI is InChI=1S/C29H35N3O4.2C28H33N3O4.C20H25N3O2.C9H14O3/c1-19(16-20-8-5-4-6-9-20)32-25-13-12-21-14-15-31(29(34)36-3)18-24(21)26(25)30-27(32)22-10-7-11-23(17-22)28(33)35-2;2*1-18(15-19-7-4-3-5-8-19)31-24-12-11-20-13-14-30(28(34)35-2)17-23(20)25(24)29-26(31)21-9-6-10-22(16-21)27(32)33;1-14(12-15-6-4-3-5-7-15)22-18-9-8-16-10-11-23(20(24)25-2)13-17(16)19(18)21;1-12-9(11)8-4-2-3-7(5-8)6-10/h4-6,8-9,12-13,19,22-23H,7,10-11,14-18H2,1-3H3;2*3-5,7-8,11-12,18,21-22H,6,9-10,13-17H2,1-2H3,(H,32,33);3-9,14,22H,10-13,21H2,1-2H3;6-8H,2-5H2,1H3/t;18-,21+,22+;18-,21-,22-;;/m.10../s1. The number of amides is 4. The molecule has 4 amide bonds. The number of nitrogens with two attached hydrogens (primary N) is 1. The number of carboxylic acid groups (broad SMARTS) is 2. The Labute approximate surface area is 837 Å². The molecule has 758 valence electrons. The normalized spacial score (nSPS) is 20.4. The van der Waals surface area contributed by atoms with Gasteiger partial charge in [0.15, 0.2) is 0 Å². The zero-order chi connectivity index (χ0) is 101. The molecule has 7 heterocycles. The van der Waals surface area contributed by atoms with Gasteiger partial charge in [-0.25, -0.2) is 34.1 Å². The molecule has 11 aromatic rings. The molecule has 5 N–H and O–H groups in total. The van der Waals surface area contributed by atoms with Crippen molar-refractivity contribution in [3.63, 3.8) is 0 Å². The second-order valence-corrected chi connectivity index (χ2v) is 40.0. The second-order valence-electron chi connectivity index (χ2n) is 40.0. The van der Waals surface area contributed by atoms with Crippen LogP contribution < -0.4 is 11.1 Å². The molecule has 0 saturated heterocycles. The lowest BCUT2D eigenvalue weighted by Gasteiger charge is -2.30. The highest BCUT2D eigenvalue weighted by Crippen LogP contribution is 2.46. The first-order valence-electron chi connectivity index (χ1n) is 51.1. The number of aldehydes is 1. The fourth-order valence-electron chi connectivity index (χ4n) is 23.1. The summed E-state index contributed by atoms with van der Waals surface area (Å²) in [5, 5.41) is 22.9. The van der Waals surface area contributed by atoms with Crippen molar-refractivity contribution in [3.05, 3.63) is 254 Å². The molecule has 0 spiro atoms. The van der Waals surface area contributed by atoms with E-state index < -0.39 is 11.9 Å². The Bertz CT molecular complexity index is 6090. The van der Waals surface area contributed by atoms with Crippen molar-refractivity contribution in [3.8, 4) is 0 Å². The lowest BCUT2D eigenvalue weighted by molar-refractivity contribution is -0.147. The fraction of sp³-hybridized carbons (Fsp3) is 0.474. The third-order valence-corrected chi connectivity index (χ3v) is 30.5. The van der Waals surface area contributed by atoms with Crippen LogP contribution in [0.5, 0.6) is 0 Å². The molecule has 0 radical (unpaired) electrons. The Morgan fingerprint density at radius 1 is 0.371 bits per heavy atom. The molecule has 3 aromatic heterocycles. The maximum Gasteiger partial charge on any atom is 0.409 e. The number of carboxylic acids is 2. The van der Waals surface area contributed by atoms with Crippen molar-refractivity contribution in [1.29, 1.82) is 0 Å². The molecular weight excluding hydrogens is 1810 g/mol. The number of carbonyl (C=O) groups is 9. The number of aliphatic carboxylic acids is 2. The van der Waals surface area contributed by atoms with E-state index in [1.807, 2.05) is 30.3 Å². The van der Waals surface area contributed by atoms with Crippen molar-refractivity contribution in [2.45, 2.75) is 250 Å². The number of anilines is 2. The molecule has 29 heteroatoms. The van der Waals surface area contributed by atoms with Gasteiger partial charge in [0.2, 0.25) is 0 Å². The molecular formula is C114H140N12O17. The van der Waals surface area contributed by atoms with Crippen molar-refractivity contribution in [1.82, 2.24) is 48.3 Å². The minimum Gasteiger partial charge on any atom is -0.481 e. The fourth-order valence-corrected chi connectivity index (χ4v) is 23.1. The van der Waals surface area contributed by atoms with Gasteiger partial charge in [0.1, 0.15) is 23.8 Å². The molecule has 4 aliphatic carbocycles. The molecule has 19 rings (SSSR count). The van der Waals surface area contributed by atoms with Gasteiger partial charge in [0, 0.05) is 90.7 Å². The SMILES string of the molecule is COC(=O)C1CCCC(C=O)C1.COC(=O)C1CCCC(c2nc3c4c(ccc3n2C(C)Cc2ccccc2)CCN(C(=O)OC)C4)C1.COC(=O)N1CCc2ccc(NC(C)Cc3ccccc3)c(N)c2C1.COC(=O)N1CCc2ccc3c(nc([C@H]4CCC[C@H](C(=O)O)C4)n3[C@@H](C)Cc3ccccc3)c2C1.COC(=O)N1CCc2ccc3c(nc([C@H]4CCC[C@H](C(=O)O)C4)n3[C@H](C)Cc3ccccc3)c2C1. The topological polar surface area (TPSA) is 354 Å². The Morgan fingerprint density at radius 2 is 0.664 bits per heavy atom. The van der Waals surface area contributed by atoms with Gasteiger partial charge in [-0.15, -0.1) is 0 Å². The van der Waals surface area contributed by atoms with Gasteiger partial charge >= 0.3 is 48.3 Å². The van der Waals surface area contributed by atoms with E-state index in [9.17, 15) is 53.4 Å². The lowest BCUT2D eigenvalue weighted by Crippen LogP contribution is -2.36. The number of hydrogen-bond donors (Lipinski definition) is 4. The van der Waals surface area contributed by atoms with E-state index in [0.717, 1.165) is 225 Å². The molecule has 0 bridgehead atoms. The summed E-state index contributed by atoms with van der Waals surface area (Å²) < 4.78 is 36.6. The van der Waals surface area contributed by atoms with Crippen LogP contribution in [-0.2, 0) is 130 Å². The van der Waals surface area contributed by atoms with Crippen LogP contribution in [0.3, 0.4) is 0 Å². The Kier molecular flexibility index (Phi) is 35.1. The van der Waals surface area contributed by atoms with Crippen molar-refractivity contribution in [2.24, 2.45) is 29.6 Å². The average Bonchev–Trinajstić information content (AvgIpc) is 1.60. The van der Waals surface area contributed by atoms with Crippen molar-refractivity contribution in [2.75, 3.05) is 79.9 Å². The van der Waals surface area contributed by atoms with Gasteiger partial charge in [-0.3, -0.25) is 19.2 Å². The highest BCUT2D eigenvalue weighted by Gasteiger charge is 2.40. The highest BCUT2D eigenvalue weighted by molar-refractivity contribution is 5.86. The number of imidazole rings is 3. The van der Waals surface area contributed by atoms with Crippen LogP contribution in [0.25, 0.3) is 33.1 Å². The summed E-state index contributed by atoms with van der Waals surface area (Å²) in [5.74, 6) is 1.00. The first-order chi connectivity index (χ1) is 69.3. The molecule has 4 saturated carbocycles. The first-order valence-corrected chi connectivity index (χ1v) is 51.1. The molecule has 143 heavy (non-hydrogen) atoms. The zero-order valence-electron chi connectivity index (χ0n) is 84.4. The maximum absolute atomic E-state index is 12.4. The van der Waals surface area contributed by atoms with E-state index in [0.29, 0.717) is 71.6 Å². The molecule has 29 nitrogen and oxygen atoms in total. The number of nitrogens with zero attached hydrogens (tertiary/aromatic N) is 10. The van der Waals surface area contributed by atoms with E-state index in [1.165, 1.54) is 87.2 Å². The number of hydrogen-bond acceptors (Lipinski definition) is 20. The number of ether oxygens (including phenoxy) is 6. The molecule has 12 atom stereocenters. The number of methoxy groups -OCH3 is 6. The van der Waals surface area contributed by atoms with Gasteiger partial charge < -0.3 is 87.8 Å².